The topological polar surface area (TPSA) is 72.7 Å². The van der Waals surface area contributed by atoms with E-state index in [1.54, 1.807) is 4.68 Å². The summed E-state index contributed by atoms with van der Waals surface area (Å²) in [6.45, 7) is 0. The molecule has 0 saturated heterocycles. The first-order valence-corrected chi connectivity index (χ1v) is 8.17. The maximum atomic E-state index is 13.6. The molecule has 1 fully saturated rings. The average Bonchev–Trinajstić information content (AvgIpc) is 3.19. The zero-order chi connectivity index (χ0) is 15.7. The molecule has 0 spiro atoms. The van der Waals surface area contributed by atoms with Gasteiger partial charge < -0.3 is 5.32 Å². The first-order chi connectivity index (χ1) is 10.5. The number of anilines is 1. The number of tetrazole rings is 1. The van der Waals surface area contributed by atoms with Crippen LogP contribution in [-0.4, -0.2) is 31.9 Å². The summed E-state index contributed by atoms with van der Waals surface area (Å²) >= 11 is 4.18. The molecule has 1 N–H and O–H groups in total. The fourth-order valence-electron chi connectivity index (χ4n) is 1.80. The highest BCUT2D eigenvalue weighted by Crippen LogP contribution is 2.36. The number of hydrogen-bond acceptors (Lipinski definition) is 5. The molecule has 1 aliphatic carbocycles. The van der Waals surface area contributed by atoms with Crippen molar-refractivity contribution < 1.29 is 13.6 Å². The normalized spacial score (nSPS) is 14.1. The molecule has 3 rings (SSSR count). The van der Waals surface area contributed by atoms with Crippen molar-refractivity contribution in [3.8, 4) is 0 Å². The number of benzene rings is 1. The summed E-state index contributed by atoms with van der Waals surface area (Å²) in [7, 11) is 0. The van der Waals surface area contributed by atoms with Crippen molar-refractivity contribution in [2.45, 2.75) is 24.0 Å². The maximum Gasteiger partial charge on any atom is 0.234 e. The molecule has 6 nitrogen and oxygen atoms in total. The summed E-state index contributed by atoms with van der Waals surface area (Å²) in [6, 6.07) is 2.10. The van der Waals surface area contributed by atoms with Crippen molar-refractivity contribution in [3.63, 3.8) is 0 Å². The second kappa shape index (κ2) is 6.29. The van der Waals surface area contributed by atoms with Gasteiger partial charge in [-0.2, -0.15) is 0 Å². The highest BCUT2D eigenvalue weighted by molar-refractivity contribution is 9.10. The Hall–Kier alpha value is -1.55. The highest BCUT2D eigenvalue weighted by atomic mass is 79.9. The molecule has 10 heteroatoms. The molecule has 1 aromatic heterocycles. The largest absolute Gasteiger partial charge is 0.322 e. The van der Waals surface area contributed by atoms with Crippen LogP contribution < -0.4 is 5.32 Å². The third-order valence-electron chi connectivity index (χ3n) is 2.96. The molecule has 2 aromatic rings. The Morgan fingerprint density at radius 1 is 1.45 bits per heavy atom. The van der Waals surface area contributed by atoms with Crippen molar-refractivity contribution in [1.29, 1.82) is 0 Å². The van der Waals surface area contributed by atoms with E-state index in [9.17, 15) is 13.6 Å². The number of nitrogens with zero attached hydrogens (tertiary/aromatic N) is 4. The van der Waals surface area contributed by atoms with Crippen molar-refractivity contribution in [1.82, 2.24) is 20.2 Å². The van der Waals surface area contributed by atoms with Gasteiger partial charge in [-0.25, -0.2) is 13.5 Å². The van der Waals surface area contributed by atoms with Crippen molar-refractivity contribution in [2.75, 3.05) is 11.1 Å². The van der Waals surface area contributed by atoms with Crippen LogP contribution in [0.25, 0.3) is 0 Å². The van der Waals surface area contributed by atoms with E-state index in [0.717, 1.165) is 18.9 Å². The monoisotopic (exact) mass is 389 g/mol. The molecule has 116 valence electrons. The van der Waals surface area contributed by atoms with Crippen LogP contribution in [0.4, 0.5) is 14.5 Å². The smallest absolute Gasteiger partial charge is 0.234 e. The molecule has 0 aliphatic heterocycles. The third-order valence-corrected chi connectivity index (χ3v) is 4.52. The molecule has 0 unspecified atom stereocenters. The number of thioether (sulfide) groups is 1. The van der Waals surface area contributed by atoms with Gasteiger partial charge in [-0.15, -0.1) is 5.10 Å². The van der Waals surface area contributed by atoms with Crippen LogP contribution >= 0.6 is 27.7 Å². The minimum absolute atomic E-state index is 0.0242. The molecule has 1 aromatic carbocycles. The Balaban J connectivity index is 1.62. The second-order valence-corrected chi connectivity index (χ2v) is 6.52. The average molecular weight is 390 g/mol. The third kappa shape index (κ3) is 3.43. The number of rotatable bonds is 5. The van der Waals surface area contributed by atoms with Crippen LogP contribution in [0, 0.1) is 11.6 Å². The second-order valence-electron chi connectivity index (χ2n) is 4.72. The molecule has 1 heterocycles. The van der Waals surface area contributed by atoms with Crippen molar-refractivity contribution >= 4 is 39.3 Å². The molecular formula is C12H10BrF2N5OS. The Bertz CT molecular complexity index is 698. The lowest BCUT2D eigenvalue weighted by molar-refractivity contribution is -0.113. The van der Waals surface area contributed by atoms with Gasteiger partial charge in [0.2, 0.25) is 11.1 Å². The lowest BCUT2D eigenvalue weighted by Gasteiger charge is -2.08. The molecule has 22 heavy (non-hydrogen) atoms. The number of carbonyl (C=O) groups is 1. The van der Waals surface area contributed by atoms with Gasteiger partial charge in [0.05, 0.1) is 17.5 Å². The van der Waals surface area contributed by atoms with E-state index in [-0.39, 0.29) is 15.9 Å². The van der Waals surface area contributed by atoms with Crippen LogP contribution in [0.5, 0.6) is 0 Å². The fraction of sp³-hybridized carbons (Fsp3) is 0.333. The van der Waals surface area contributed by atoms with E-state index in [1.807, 2.05) is 0 Å². The van der Waals surface area contributed by atoms with Crippen molar-refractivity contribution in [3.05, 3.63) is 28.2 Å². The number of amides is 1. The molecule has 1 aliphatic rings. The number of aromatic nitrogens is 4. The molecule has 1 amide bonds. The number of halogens is 3. The minimum Gasteiger partial charge on any atom is -0.322 e. The van der Waals surface area contributed by atoms with Crippen LogP contribution in [0.15, 0.2) is 21.8 Å². The summed E-state index contributed by atoms with van der Waals surface area (Å²) in [5, 5.41) is 14.3. The molecule has 0 atom stereocenters. The summed E-state index contributed by atoms with van der Waals surface area (Å²) in [5.74, 6) is -1.97. The quantitative estimate of drug-likeness (QED) is 0.795. The summed E-state index contributed by atoms with van der Waals surface area (Å²) in [6.07, 6.45) is 2.05. The van der Waals surface area contributed by atoms with Gasteiger partial charge in [-0.3, -0.25) is 4.79 Å². The Kier molecular flexibility index (Phi) is 4.39. The SMILES string of the molecule is O=C(CSc1nnnn1C1CC1)Nc1c(F)cc(F)cc1Br. The highest BCUT2D eigenvalue weighted by Gasteiger charge is 2.28. The Labute approximate surface area is 136 Å². The van der Waals surface area contributed by atoms with Gasteiger partial charge in [-0.1, -0.05) is 11.8 Å². The summed E-state index contributed by atoms with van der Waals surface area (Å²) in [4.78, 5) is 11.9. The predicted octanol–water partition coefficient (Wildman–Crippen LogP) is 2.78. The lowest BCUT2D eigenvalue weighted by Crippen LogP contribution is -2.16. The van der Waals surface area contributed by atoms with E-state index in [4.69, 9.17) is 0 Å². The first kappa shape index (κ1) is 15.3. The summed E-state index contributed by atoms with van der Waals surface area (Å²) in [5.41, 5.74) is -0.0891. The van der Waals surface area contributed by atoms with E-state index in [0.29, 0.717) is 17.3 Å². The van der Waals surface area contributed by atoms with Crippen LogP contribution in [0.2, 0.25) is 0 Å². The van der Waals surface area contributed by atoms with E-state index < -0.39 is 17.5 Å². The summed E-state index contributed by atoms with van der Waals surface area (Å²) < 4.78 is 28.5. The lowest BCUT2D eigenvalue weighted by atomic mass is 10.3. The fourth-order valence-corrected chi connectivity index (χ4v) is 3.05. The van der Waals surface area contributed by atoms with E-state index in [2.05, 4.69) is 36.8 Å². The predicted molar refractivity (Wildman–Crippen MR) is 79.5 cm³/mol. The van der Waals surface area contributed by atoms with Crippen LogP contribution in [0.3, 0.4) is 0 Å². The number of nitrogens with one attached hydrogen (secondary N) is 1. The molecule has 0 radical (unpaired) electrons. The van der Waals surface area contributed by atoms with Crippen molar-refractivity contribution in [2.24, 2.45) is 0 Å². The molecule has 0 bridgehead atoms. The zero-order valence-corrected chi connectivity index (χ0v) is 13.5. The Morgan fingerprint density at radius 2 is 2.23 bits per heavy atom. The number of hydrogen-bond donors (Lipinski definition) is 1. The standard InChI is InChI=1S/C12H10BrF2N5OS/c13-8-3-6(14)4-9(15)11(8)16-10(21)5-22-12-17-18-19-20(12)7-1-2-7/h3-4,7H,1-2,5H2,(H,16,21). The Morgan fingerprint density at radius 3 is 2.91 bits per heavy atom. The first-order valence-electron chi connectivity index (χ1n) is 6.39. The molecule has 1 saturated carbocycles. The zero-order valence-electron chi connectivity index (χ0n) is 11.1. The van der Waals surface area contributed by atoms with Gasteiger partial charge in [0.15, 0.2) is 5.82 Å². The van der Waals surface area contributed by atoms with Crippen LogP contribution in [0.1, 0.15) is 18.9 Å². The van der Waals surface area contributed by atoms with Gasteiger partial charge in [0, 0.05) is 10.5 Å². The maximum absolute atomic E-state index is 13.6. The van der Waals surface area contributed by atoms with E-state index in [1.165, 1.54) is 11.8 Å². The number of carbonyl (C=O) groups excluding carboxylic acids is 1. The van der Waals surface area contributed by atoms with Gasteiger partial charge in [0.1, 0.15) is 5.82 Å². The van der Waals surface area contributed by atoms with Crippen LogP contribution in [-0.2, 0) is 4.79 Å². The van der Waals surface area contributed by atoms with Gasteiger partial charge in [-0.05, 0) is 45.3 Å². The minimum atomic E-state index is -0.840. The van der Waals surface area contributed by atoms with E-state index >= 15 is 0 Å². The van der Waals surface area contributed by atoms with Gasteiger partial charge in [0.25, 0.3) is 0 Å². The molecular weight excluding hydrogens is 380 g/mol. The van der Waals surface area contributed by atoms with Gasteiger partial charge >= 0.3 is 0 Å².